The third-order valence-corrected chi connectivity index (χ3v) is 8.09. The maximum Gasteiger partial charge on any atom is 0.317 e. The van der Waals surface area contributed by atoms with Crippen molar-refractivity contribution in [3.63, 3.8) is 0 Å². The zero-order valence-electron chi connectivity index (χ0n) is 20.8. The van der Waals surface area contributed by atoms with E-state index in [9.17, 15) is 9.59 Å². The molecule has 0 bridgehead atoms. The number of likely N-dealkylation sites (tertiary alicyclic amines) is 1. The Morgan fingerprint density at radius 3 is 2.78 bits per heavy atom. The van der Waals surface area contributed by atoms with Gasteiger partial charge in [-0.15, -0.1) is 11.3 Å². The number of thiazole rings is 1. The van der Waals surface area contributed by atoms with Crippen LogP contribution in [0.1, 0.15) is 72.1 Å². The van der Waals surface area contributed by atoms with Crippen LogP contribution in [-0.4, -0.2) is 46.4 Å². The number of allylic oxidation sites excluding steroid dienone is 1. The Bertz CT molecular complexity index is 1280. The quantitative estimate of drug-likeness (QED) is 0.402. The number of amides is 3. The third-order valence-electron chi connectivity index (χ3n) is 7.08. The zero-order valence-corrected chi connectivity index (χ0v) is 21.6. The number of pyridine rings is 1. The van der Waals surface area contributed by atoms with Crippen molar-refractivity contribution in [3.05, 3.63) is 63.8 Å². The van der Waals surface area contributed by atoms with Crippen LogP contribution in [0.25, 0.3) is 10.9 Å². The van der Waals surface area contributed by atoms with Crippen LogP contribution in [0.5, 0.6) is 0 Å². The summed E-state index contributed by atoms with van der Waals surface area (Å²) >= 11 is 1.53. The van der Waals surface area contributed by atoms with E-state index in [0.717, 1.165) is 46.6 Å². The standard InChI is InChI=1S/C28H33N5O2S/c1-19-7-8-22-17-23(9-10-24(22)30-19)31-26(34)25-18-36-27(32-25)21-12-15-33(16-13-21)28(35)29-14-11-20-5-3-2-4-6-20/h5,7-10,17-18,21H,2-4,6,11-16H2,1H3,(H,29,35)(H,31,34). The Kier molecular flexibility index (Phi) is 7.60. The summed E-state index contributed by atoms with van der Waals surface area (Å²) in [6, 6.07) is 9.72. The number of nitrogens with one attached hydrogen (secondary N) is 2. The van der Waals surface area contributed by atoms with Gasteiger partial charge in [0.05, 0.1) is 10.5 Å². The molecule has 3 aromatic rings. The van der Waals surface area contributed by atoms with E-state index in [1.165, 1.54) is 42.6 Å². The highest BCUT2D eigenvalue weighted by Gasteiger charge is 2.26. The number of benzene rings is 1. The largest absolute Gasteiger partial charge is 0.338 e. The van der Waals surface area contributed by atoms with Crippen molar-refractivity contribution in [1.29, 1.82) is 0 Å². The molecule has 2 N–H and O–H groups in total. The maximum atomic E-state index is 12.8. The van der Waals surface area contributed by atoms with E-state index in [1.54, 1.807) is 0 Å². The van der Waals surface area contributed by atoms with E-state index < -0.39 is 0 Å². The summed E-state index contributed by atoms with van der Waals surface area (Å²) in [5.41, 5.74) is 4.52. The van der Waals surface area contributed by atoms with E-state index in [1.807, 2.05) is 47.5 Å². The van der Waals surface area contributed by atoms with Gasteiger partial charge in [0.2, 0.25) is 0 Å². The second kappa shape index (κ2) is 11.2. The number of aryl methyl sites for hydroxylation is 1. The molecule has 1 saturated heterocycles. The molecule has 0 atom stereocenters. The number of rotatable bonds is 6. The second-order valence-corrected chi connectivity index (χ2v) is 10.6. The molecule has 2 aliphatic rings. The summed E-state index contributed by atoms with van der Waals surface area (Å²) in [6.07, 6.45) is 9.94. The molecule has 3 amide bonds. The Labute approximate surface area is 216 Å². The van der Waals surface area contributed by atoms with E-state index >= 15 is 0 Å². The Hall–Kier alpha value is -3.26. The van der Waals surface area contributed by atoms with Crippen molar-refractivity contribution >= 4 is 39.9 Å². The van der Waals surface area contributed by atoms with Crippen LogP contribution in [-0.2, 0) is 0 Å². The monoisotopic (exact) mass is 503 g/mol. The van der Waals surface area contributed by atoms with E-state index in [2.05, 4.69) is 26.7 Å². The van der Waals surface area contributed by atoms with Crippen molar-refractivity contribution in [1.82, 2.24) is 20.2 Å². The first-order valence-corrected chi connectivity index (χ1v) is 13.8. The Morgan fingerprint density at radius 2 is 1.97 bits per heavy atom. The van der Waals surface area contributed by atoms with Crippen LogP contribution >= 0.6 is 11.3 Å². The molecule has 3 heterocycles. The number of hydrogen-bond acceptors (Lipinski definition) is 5. The lowest BCUT2D eigenvalue weighted by Crippen LogP contribution is -2.44. The van der Waals surface area contributed by atoms with Gasteiger partial charge < -0.3 is 15.5 Å². The predicted octanol–water partition coefficient (Wildman–Crippen LogP) is 6.03. The van der Waals surface area contributed by atoms with Gasteiger partial charge in [-0.1, -0.05) is 17.7 Å². The normalized spacial score (nSPS) is 16.6. The number of anilines is 1. The van der Waals surface area contributed by atoms with Gasteiger partial charge in [-0.25, -0.2) is 9.78 Å². The van der Waals surface area contributed by atoms with Gasteiger partial charge in [-0.2, -0.15) is 0 Å². The number of fused-ring (bicyclic) bond motifs is 1. The predicted molar refractivity (Wildman–Crippen MR) is 145 cm³/mol. The van der Waals surface area contributed by atoms with Crippen LogP contribution in [0.3, 0.4) is 0 Å². The van der Waals surface area contributed by atoms with Gasteiger partial charge in [-0.3, -0.25) is 9.78 Å². The SMILES string of the molecule is Cc1ccc2cc(NC(=O)c3csc(C4CCN(C(=O)NCCC5=CCCCC5)CC4)n3)ccc2n1. The van der Waals surface area contributed by atoms with Gasteiger partial charge in [0, 0.05) is 47.7 Å². The second-order valence-electron chi connectivity index (χ2n) is 9.74. The van der Waals surface area contributed by atoms with Crippen molar-refractivity contribution in [3.8, 4) is 0 Å². The highest BCUT2D eigenvalue weighted by atomic mass is 32.1. The van der Waals surface area contributed by atoms with Gasteiger partial charge in [0.15, 0.2) is 0 Å². The van der Waals surface area contributed by atoms with Gasteiger partial charge in [0.25, 0.3) is 5.91 Å². The lowest BCUT2D eigenvalue weighted by molar-refractivity contribution is 0.102. The average Bonchev–Trinajstić information content (AvgIpc) is 3.40. The Morgan fingerprint density at radius 1 is 1.11 bits per heavy atom. The molecule has 1 aromatic carbocycles. The summed E-state index contributed by atoms with van der Waals surface area (Å²) in [5, 5.41) is 9.83. The van der Waals surface area contributed by atoms with Crippen LogP contribution in [0.15, 0.2) is 47.4 Å². The molecule has 0 radical (unpaired) electrons. The minimum Gasteiger partial charge on any atom is -0.338 e. The fraction of sp³-hybridized carbons (Fsp3) is 0.429. The molecule has 1 aliphatic heterocycles. The number of hydrogen-bond donors (Lipinski definition) is 2. The number of urea groups is 1. The van der Waals surface area contributed by atoms with Crippen molar-refractivity contribution in [2.45, 2.75) is 57.8 Å². The van der Waals surface area contributed by atoms with Crippen LogP contribution in [0.2, 0.25) is 0 Å². The average molecular weight is 504 g/mol. The molecule has 0 unspecified atom stereocenters. The molecule has 2 aromatic heterocycles. The lowest BCUT2D eigenvalue weighted by Gasteiger charge is -2.31. The fourth-order valence-corrected chi connectivity index (χ4v) is 5.95. The highest BCUT2D eigenvalue weighted by Crippen LogP contribution is 2.31. The lowest BCUT2D eigenvalue weighted by atomic mass is 9.97. The molecular formula is C28H33N5O2S. The molecule has 7 nitrogen and oxygen atoms in total. The molecule has 1 fully saturated rings. The molecule has 36 heavy (non-hydrogen) atoms. The summed E-state index contributed by atoms with van der Waals surface area (Å²) in [5.74, 6) is 0.0739. The first kappa shape index (κ1) is 24.4. The van der Waals surface area contributed by atoms with Gasteiger partial charge >= 0.3 is 6.03 Å². The summed E-state index contributed by atoms with van der Waals surface area (Å²) in [6.45, 7) is 4.10. The summed E-state index contributed by atoms with van der Waals surface area (Å²) < 4.78 is 0. The van der Waals surface area contributed by atoms with E-state index in [0.29, 0.717) is 25.3 Å². The molecule has 5 rings (SSSR count). The molecule has 1 aliphatic carbocycles. The molecule has 188 valence electrons. The van der Waals surface area contributed by atoms with Crippen LogP contribution in [0.4, 0.5) is 10.5 Å². The number of carbonyl (C=O) groups is 2. The minimum absolute atomic E-state index is 0.0322. The smallest absolute Gasteiger partial charge is 0.317 e. The maximum absolute atomic E-state index is 12.8. The highest BCUT2D eigenvalue weighted by molar-refractivity contribution is 7.10. The minimum atomic E-state index is -0.207. The number of nitrogens with zero attached hydrogens (tertiary/aromatic N) is 3. The fourth-order valence-electron chi connectivity index (χ4n) is 4.98. The Balaban J connectivity index is 1.10. The first-order valence-electron chi connectivity index (χ1n) is 12.9. The number of piperidine rings is 1. The number of aromatic nitrogens is 2. The van der Waals surface area contributed by atoms with E-state index in [-0.39, 0.29) is 17.9 Å². The van der Waals surface area contributed by atoms with Crippen molar-refractivity contribution in [2.24, 2.45) is 0 Å². The van der Waals surface area contributed by atoms with Crippen molar-refractivity contribution in [2.75, 3.05) is 25.0 Å². The van der Waals surface area contributed by atoms with E-state index in [4.69, 9.17) is 0 Å². The molecule has 0 spiro atoms. The van der Waals surface area contributed by atoms with Crippen LogP contribution < -0.4 is 10.6 Å². The topological polar surface area (TPSA) is 87.2 Å². The number of carbonyl (C=O) groups excluding carboxylic acids is 2. The van der Waals surface area contributed by atoms with Crippen LogP contribution in [0, 0.1) is 6.92 Å². The van der Waals surface area contributed by atoms with Crippen molar-refractivity contribution < 1.29 is 9.59 Å². The third kappa shape index (κ3) is 5.93. The van der Waals surface area contributed by atoms with Gasteiger partial charge in [0.1, 0.15) is 5.69 Å². The zero-order chi connectivity index (χ0) is 24.9. The first-order chi connectivity index (χ1) is 17.5. The molecule has 8 heteroatoms. The molecule has 0 saturated carbocycles. The summed E-state index contributed by atoms with van der Waals surface area (Å²) in [4.78, 5) is 36.4. The summed E-state index contributed by atoms with van der Waals surface area (Å²) in [7, 11) is 0. The van der Waals surface area contributed by atoms with Gasteiger partial charge in [-0.05, 0) is 76.1 Å². The molecular weight excluding hydrogens is 470 g/mol.